The molecular formula is C18H31Cl2N5O2. The molecule has 154 valence electrons. The van der Waals surface area contributed by atoms with Crippen molar-refractivity contribution in [2.75, 3.05) is 52.5 Å². The Bertz CT molecular complexity index is 623. The number of aryl methyl sites for hydroxylation is 1. The van der Waals surface area contributed by atoms with Crippen LogP contribution in [0.25, 0.3) is 0 Å². The lowest BCUT2D eigenvalue weighted by molar-refractivity contribution is -0.134. The van der Waals surface area contributed by atoms with Crippen LogP contribution in [0, 0.1) is 11.8 Å². The fourth-order valence-corrected chi connectivity index (χ4v) is 4.67. The first-order valence-electron chi connectivity index (χ1n) is 9.43. The first-order valence-corrected chi connectivity index (χ1v) is 9.43. The Morgan fingerprint density at radius 3 is 2.63 bits per heavy atom. The summed E-state index contributed by atoms with van der Waals surface area (Å²) in [6.07, 6.45) is 3.95. The molecule has 9 heteroatoms. The molecule has 1 aromatic heterocycles. The van der Waals surface area contributed by atoms with Crippen LogP contribution in [0.1, 0.15) is 18.4 Å². The highest BCUT2D eigenvalue weighted by atomic mass is 35.5. The summed E-state index contributed by atoms with van der Waals surface area (Å²) >= 11 is 0. The van der Waals surface area contributed by atoms with Crippen LogP contribution >= 0.6 is 24.8 Å². The third-order valence-electron chi connectivity index (χ3n) is 6.08. The van der Waals surface area contributed by atoms with Gasteiger partial charge in [0.15, 0.2) is 0 Å². The first kappa shape index (κ1) is 22.4. The molecule has 0 radical (unpaired) electrons. The molecule has 3 aliphatic rings. The SMILES string of the molecule is CC1CN(C(=O)[C@H]2CNC[C@@H]2c2cnn(C)c2)CC1N1CCOCC1.Cl.Cl. The van der Waals surface area contributed by atoms with Crippen LogP contribution < -0.4 is 5.32 Å². The molecule has 1 amide bonds. The Hall–Kier alpha value is -0.860. The van der Waals surface area contributed by atoms with Gasteiger partial charge in [-0.3, -0.25) is 14.4 Å². The van der Waals surface area contributed by atoms with Gasteiger partial charge in [0.2, 0.25) is 5.91 Å². The van der Waals surface area contributed by atoms with Crippen LogP contribution in [-0.2, 0) is 16.6 Å². The van der Waals surface area contributed by atoms with Crippen molar-refractivity contribution in [1.29, 1.82) is 0 Å². The van der Waals surface area contributed by atoms with E-state index in [9.17, 15) is 4.79 Å². The van der Waals surface area contributed by atoms with Crippen LogP contribution in [0.2, 0.25) is 0 Å². The van der Waals surface area contributed by atoms with Crippen molar-refractivity contribution in [2.45, 2.75) is 18.9 Å². The van der Waals surface area contributed by atoms with Gasteiger partial charge in [-0.2, -0.15) is 5.10 Å². The van der Waals surface area contributed by atoms with E-state index in [2.05, 4.69) is 27.1 Å². The Morgan fingerprint density at radius 2 is 1.96 bits per heavy atom. The predicted molar refractivity (Wildman–Crippen MR) is 109 cm³/mol. The monoisotopic (exact) mass is 419 g/mol. The second-order valence-electron chi connectivity index (χ2n) is 7.75. The van der Waals surface area contributed by atoms with E-state index in [1.165, 1.54) is 5.56 Å². The maximum absolute atomic E-state index is 13.2. The Morgan fingerprint density at radius 1 is 1.22 bits per heavy atom. The van der Waals surface area contributed by atoms with E-state index in [-0.39, 0.29) is 36.6 Å². The molecule has 3 aliphatic heterocycles. The van der Waals surface area contributed by atoms with Crippen LogP contribution in [0.3, 0.4) is 0 Å². The van der Waals surface area contributed by atoms with Crippen molar-refractivity contribution in [2.24, 2.45) is 18.9 Å². The number of carbonyl (C=O) groups is 1. The summed E-state index contributed by atoms with van der Waals surface area (Å²) in [7, 11) is 1.93. The van der Waals surface area contributed by atoms with Crippen molar-refractivity contribution in [3.8, 4) is 0 Å². The predicted octanol–water partition coefficient (Wildman–Crippen LogP) is 0.746. The van der Waals surface area contributed by atoms with Crippen molar-refractivity contribution >= 4 is 30.7 Å². The standard InChI is InChI=1S/C18H29N5O2.2ClH/c1-13-10-23(12-17(13)22-3-5-25-6-4-22)18(24)16-9-19-8-15(16)14-7-20-21(2)11-14;;/h7,11,13,15-17,19H,3-6,8-10,12H2,1-2H3;2*1H/t13?,15-,16+,17?;;/m1../s1. The summed E-state index contributed by atoms with van der Waals surface area (Å²) in [4.78, 5) is 17.8. The lowest BCUT2D eigenvalue weighted by Crippen LogP contribution is -2.47. The van der Waals surface area contributed by atoms with Gasteiger partial charge in [-0.25, -0.2) is 0 Å². The molecule has 0 saturated carbocycles. The van der Waals surface area contributed by atoms with E-state index in [1.807, 2.05) is 24.1 Å². The molecule has 1 N–H and O–H groups in total. The average molecular weight is 420 g/mol. The highest BCUT2D eigenvalue weighted by Crippen LogP contribution is 2.32. The van der Waals surface area contributed by atoms with Gasteiger partial charge in [0, 0.05) is 64.5 Å². The zero-order valence-electron chi connectivity index (χ0n) is 16.0. The van der Waals surface area contributed by atoms with Gasteiger partial charge >= 0.3 is 0 Å². The van der Waals surface area contributed by atoms with Crippen LogP contribution in [0.4, 0.5) is 0 Å². The molecule has 4 heterocycles. The number of likely N-dealkylation sites (tertiary alicyclic amines) is 1. The molecule has 27 heavy (non-hydrogen) atoms. The molecule has 7 nitrogen and oxygen atoms in total. The summed E-state index contributed by atoms with van der Waals surface area (Å²) in [6, 6.07) is 0.471. The Labute approximate surface area is 173 Å². The molecule has 0 bridgehead atoms. The van der Waals surface area contributed by atoms with E-state index in [0.717, 1.165) is 52.5 Å². The Balaban J connectivity index is 0.00000131. The Kier molecular flexibility index (Phi) is 7.94. The van der Waals surface area contributed by atoms with E-state index in [1.54, 1.807) is 0 Å². The number of nitrogens with zero attached hydrogens (tertiary/aromatic N) is 4. The maximum atomic E-state index is 13.2. The number of hydrogen-bond donors (Lipinski definition) is 1. The van der Waals surface area contributed by atoms with Gasteiger partial charge in [-0.15, -0.1) is 24.8 Å². The van der Waals surface area contributed by atoms with E-state index >= 15 is 0 Å². The summed E-state index contributed by atoms with van der Waals surface area (Å²) in [5.41, 5.74) is 1.17. The van der Waals surface area contributed by atoms with E-state index < -0.39 is 0 Å². The number of hydrogen-bond acceptors (Lipinski definition) is 5. The second-order valence-corrected chi connectivity index (χ2v) is 7.75. The minimum atomic E-state index is 0. The number of rotatable bonds is 3. The highest BCUT2D eigenvalue weighted by Gasteiger charge is 2.42. The number of halogens is 2. The fourth-order valence-electron chi connectivity index (χ4n) is 4.67. The van der Waals surface area contributed by atoms with Crippen molar-refractivity contribution < 1.29 is 9.53 Å². The molecule has 2 unspecified atom stereocenters. The van der Waals surface area contributed by atoms with E-state index in [4.69, 9.17) is 4.74 Å². The molecule has 0 aromatic carbocycles. The van der Waals surface area contributed by atoms with Crippen molar-refractivity contribution in [3.63, 3.8) is 0 Å². The van der Waals surface area contributed by atoms with Gasteiger partial charge in [-0.05, 0) is 11.5 Å². The average Bonchev–Trinajstić information content (AvgIpc) is 3.34. The molecule has 4 atom stereocenters. The molecule has 3 fully saturated rings. The molecular weight excluding hydrogens is 389 g/mol. The topological polar surface area (TPSA) is 62.6 Å². The summed E-state index contributed by atoms with van der Waals surface area (Å²) in [5.74, 6) is 1.09. The van der Waals surface area contributed by atoms with Gasteiger partial charge in [0.1, 0.15) is 0 Å². The van der Waals surface area contributed by atoms with Gasteiger partial charge < -0.3 is 15.0 Å². The summed E-state index contributed by atoms with van der Waals surface area (Å²) in [6.45, 7) is 9.23. The third-order valence-corrected chi connectivity index (χ3v) is 6.08. The lowest BCUT2D eigenvalue weighted by Gasteiger charge is -2.34. The second kappa shape index (κ2) is 9.56. The van der Waals surface area contributed by atoms with Gasteiger partial charge in [0.05, 0.1) is 25.3 Å². The molecule has 4 rings (SSSR count). The summed E-state index contributed by atoms with van der Waals surface area (Å²) < 4.78 is 7.30. The number of ether oxygens (including phenoxy) is 1. The van der Waals surface area contributed by atoms with E-state index in [0.29, 0.717) is 17.9 Å². The minimum absolute atomic E-state index is 0. The number of amides is 1. The lowest BCUT2D eigenvalue weighted by atomic mass is 9.90. The largest absolute Gasteiger partial charge is 0.379 e. The normalized spacial score (nSPS) is 31.4. The molecule has 3 saturated heterocycles. The minimum Gasteiger partial charge on any atom is -0.379 e. The fraction of sp³-hybridized carbons (Fsp3) is 0.778. The number of nitrogens with one attached hydrogen (secondary N) is 1. The third kappa shape index (κ3) is 4.59. The number of morpholine rings is 1. The highest BCUT2D eigenvalue weighted by molar-refractivity contribution is 5.85. The van der Waals surface area contributed by atoms with Gasteiger partial charge in [0.25, 0.3) is 0 Å². The number of aromatic nitrogens is 2. The first-order chi connectivity index (χ1) is 12.1. The smallest absolute Gasteiger partial charge is 0.227 e. The molecule has 0 aliphatic carbocycles. The van der Waals surface area contributed by atoms with Gasteiger partial charge in [-0.1, -0.05) is 6.92 Å². The van der Waals surface area contributed by atoms with Crippen molar-refractivity contribution in [3.05, 3.63) is 18.0 Å². The summed E-state index contributed by atoms with van der Waals surface area (Å²) in [5, 5.41) is 7.69. The quantitative estimate of drug-likeness (QED) is 0.782. The van der Waals surface area contributed by atoms with Crippen LogP contribution in [0.5, 0.6) is 0 Å². The zero-order chi connectivity index (χ0) is 17.4. The van der Waals surface area contributed by atoms with Crippen LogP contribution in [-0.4, -0.2) is 84.0 Å². The van der Waals surface area contributed by atoms with Crippen molar-refractivity contribution in [1.82, 2.24) is 24.9 Å². The van der Waals surface area contributed by atoms with Crippen LogP contribution in [0.15, 0.2) is 12.4 Å². The molecule has 1 aromatic rings. The molecule has 0 spiro atoms. The number of carbonyl (C=O) groups excluding carboxylic acids is 1. The zero-order valence-corrected chi connectivity index (χ0v) is 17.7. The maximum Gasteiger partial charge on any atom is 0.227 e.